The fourth-order valence-electron chi connectivity index (χ4n) is 4.51. The molecule has 0 bridgehead atoms. The number of piperidine rings is 1. The second kappa shape index (κ2) is 9.32. The van der Waals surface area contributed by atoms with Crippen molar-refractivity contribution in [2.24, 2.45) is 12.8 Å². The lowest BCUT2D eigenvalue weighted by Crippen LogP contribution is -2.54. The molecule has 11 heteroatoms. The van der Waals surface area contributed by atoms with E-state index in [0.29, 0.717) is 23.1 Å². The van der Waals surface area contributed by atoms with E-state index < -0.39 is 5.91 Å². The Morgan fingerprint density at radius 2 is 1.94 bits per heavy atom. The van der Waals surface area contributed by atoms with Crippen LogP contribution in [0.2, 0.25) is 0 Å². The number of nitrogens with zero attached hydrogens (tertiary/aromatic N) is 6. The van der Waals surface area contributed by atoms with E-state index in [1.165, 1.54) is 18.4 Å². The summed E-state index contributed by atoms with van der Waals surface area (Å²) in [5.74, 6) is 0.611. The van der Waals surface area contributed by atoms with Gasteiger partial charge in [-0.15, -0.1) is 0 Å². The van der Waals surface area contributed by atoms with Crippen LogP contribution in [0.1, 0.15) is 65.1 Å². The lowest BCUT2D eigenvalue weighted by molar-refractivity contribution is 0.0918. The largest absolute Gasteiger partial charge is 0.364 e. The number of pyridine rings is 1. The topological polar surface area (TPSA) is 144 Å². The van der Waals surface area contributed by atoms with Crippen molar-refractivity contribution in [3.05, 3.63) is 53.9 Å². The molecule has 2 atom stereocenters. The number of hydrogen-bond acceptors (Lipinski definition) is 8. The normalized spacial score (nSPS) is 19.9. The van der Waals surface area contributed by atoms with E-state index in [1.54, 1.807) is 36.4 Å². The van der Waals surface area contributed by atoms with Gasteiger partial charge in [0.25, 0.3) is 11.8 Å². The van der Waals surface area contributed by atoms with Crippen LogP contribution < -0.4 is 21.3 Å². The molecule has 2 aliphatic rings. The number of aryl methyl sites for hydroxylation is 1. The van der Waals surface area contributed by atoms with Crippen molar-refractivity contribution in [3.63, 3.8) is 0 Å². The summed E-state index contributed by atoms with van der Waals surface area (Å²) in [5.41, 5.74) is 7.86. The third-order valence-corrected chi connectivity index (χ3v) is 6.63. The molecule has 0 unspecified atom stereocenters. The molecule has 2 fully saturated rings. The van der Waals surface area contributed by atoms with E-state index in [0.717, 1.165) is 19.4 Å². The van der Waals surface area contributed by atoms with E-state index in [-0.39, 0.29) is 29.5 Å². The second-order valence-corrected chi connectivity index (χ2v) is 9.22. The first-order valence-corrected chi connectivity index (χ1v) is 11.8. The predicted molar refractivity (Wildman–Crippen MR) is 131 cm³/mol. The summed E-state index contributed by atoms with van der Waals surface area (Å²) in [6, 6.07) is 3.67. The Kier molecular flexibility index (Phi) is 6.06. The fraction of sp³-hybridized carbons (Fsp3) is 0.417. The van der Waals surface area contributed by atoms with Gasteiger partial charge in [-0.3, -0.25) is 19.3 Å². The van der Waals surface area contributed by atoms with Crippen LogP contribution in [0.25, 0.3) is 0 Å². The van der Waals surface area contributed by atoms with E-state index in [4.69, 9.17) is 5.73 Å². The average Bonchev–Trinajstić information content (AvgIpc) is 3.62. The maximum atomic E-state index is 12.9. The average molecular weight is 476 g/mol. The zero-order valence-corrected chi connectivity index (χ0v) is 19.8. The minimum absolute atomic E-state index is 0.0431. The number of carbonyl (C=O) groups is 2. The summed E-state index contributed by atoms with van der Waals surface area (Å²) in [5, 5.41) is 10.4. The number of primary amides is 1. The Bertz CT molecular complexity index is 1240. The molecule has 0 radical (unpaired) electrons. The van der Waals surface area contributed by atoms with Crippen molar-refractivity contribution < 1.29 is 9.59 Å². The summed E-state index contributed by atoms with van der Waals surface area (Å²) in [4.78, 5) is 40.2. The highest BCUT2D eigenvalue weighted by Gasteiger charge is 2.31. The molecule has 35 heavy (non-hydrogen) atoms. The van der Waals surface area contributed by atoms with Gasteiger partial charge in [0.1, 0.15) is 11.5 Å². The second-order valence-electron chi connectivity index (χ2n) is 9.22. The van der Waals surface area contributed by atoms with Crippen LogP contribution in [-0.4, -0.2) is 55.2 Å². The van der Waals surface area contributed by atoms with E-state index in [1.807, 2.05) is 19.2 Å². The molecule has 5 rings (SSSR count). The molecule has 182 valence electrons. The van der Waals surface area contributed by atoms with Crippen molar-refractivity contribution in [2.75, 3.05) is 16.8 Å². The van der Waals surface area contributed by atoms with Crippen LogP contribution >= 0.6 is 0 Å². The highest BCUT2D eigenvalue weighted by molar-refractivity contribution is 5.96. The Labute approximate surface area is 203 Å². The molecule has 0 spiro atoms. The van der Waals surface area contributed by atoms with Crippen LogP contribution in [0.15, 0.2) is 36.9 Å². The van der Waals surface area contributed by atoms with E-state index in [2.05, 4.69) is 35.6 Å². The van der Waals surface area contributed by atoms with E-state index >= 15 is 0 Å². The zero-order chi connectivity index (χ0) is 24.5. The number of rotatable bonds is 7. The van der Waals surface area contributed by atoms with Gasteiger partial charge in [0.15, 0.2) is 11.5 Å². The predicted octanol–water partition coefficient (Wildman–Crippen LogP) is 2.11. The molecule has 1 aliphatic heterocycles. The SMILES string of the molecule is C[C@@H]1[C@H](NC(=O)c2ccc(C3CC3)cn2)CCCN1c1cnc(C(N)=O)c(Nc2cnn(C)c2)n1. The lowest BCUT2D eigenvalue weighted by Gasteiger charge is -2.40. The molecular weight excluding hydrogens is 446 g/mol. The van der Waals surface area contributed by atoms with Crippen molar-refractivity contribution in [1.29, 1.82) is 0 Å². The Morgan fingerprint density at radius 3 is 2.60 bits per heavy atom. The fourth-order valence-corrected chi connectivity index (χ4v) is 4.51. The summed E-state index contributed by atoms with van der Waals surface area (Å²) in [6.07, 6.45) is 10.9. The summed E-state index contributed by atoms with van der Waals surface area (Å²) in [7, 11) is 1.79. The number of carbonyl (C=O) groups excluding carboxylic acids is 2. The molecule has 11 nitrogen and oxygen atoms in total. The van der Waals surface area contributed by atoms with Crippen LogP contribution in [0.4, 0.5) is 17.3 Å². The van der Waals surface area contributed by atoms with Crippen molar-refractivity contribution in [2.45, 2.75) is 50.6 Å². The molecule has 1 aliphatic carbocycles. The third-order valence-electron chi connectivity index (χ3n) is 6.63. The molecule has 3 aromatic rings. The molecule has 3 aromatic heterocycles. The molecule has 2 amide bonds. The maximum Gasteiger partial charge on any atom is 0.271 e. The maximum absolute atomic E-state index is 12.9. The number of hydrogen-bond donors (Lipinski definition) is 3. The first-order valence-electron chi connectivity index (χ1n) is 11.8. The number of nitrogens with two attached hydrogens (primary N) is 1. The summed E-state index contributed by atoms with van der Waals surface area (Å²) >= 11 is 0. The summed E-state index contributed by atoms with van der Waals surface area (Å²) in [6.45, 7) is 2.80. The molecule has 1 saturated carbocycles. The van der Waals surface area contributed by atoms with Crippen molar-refractivity contribution in [3.8, 4) is 0 Å². The van der Waals surface area contributed by atoms with Gasteiger partial charge < -0.3 is 21.3 Å². The standard InChI is InChI=1S/C24H29N9O2/c1-14-18(30-24(35)19-8-7-16(10-26-19)15-5-6-15)4-3-9-33(14)20-12-27-21(22(25)34)23(31-20)29-17-11-28-32(2)13-17/h7-8,10-15,18H,3-6,9H2,1-2H3,(H2,25,34)(H,29,31)(H,30,35)/t14-,18-/m1/s1. The van der Waals surface area contributed by atoms with Crippen molar-refractivity contribution in [1.82, 2.24) is 30.0 Å². The first-order chi connectivity index (χ1) is 16.9. The Balaban J connectivity index is 1.32. The van der Waals surface area contributed by atoms with Crippen LogP contribution in [0, 0.1) is 0 Å². The van der Waals surface area contributed by atoms with Crippen molar-refractivity contribution >= 4 is 29.1 Å². The Morgan fingerprint density at radius 1 is 1.11 bits per heavy atom. The minimum atomic E-state index is -0.674. The van der Waals surface area contributed by atoms with Gasteiger partial charge in [-0.2, -0.15) is 5.10 Å². The lowest BCUT2D eigenvalue weighted by atomic mass is 9.97. The number of nitrogens with one attached hydrogen (secondary N) is 2. The van der Waals surface area contributed by atoms with Gasteiger partial charge in [-0.25, -0.2) is 9.97 Å². The van der Waals surface area contributed by atoms with Crippen LogP contribution in [-0.2, 0) is 7.05 Å². The highest BCUT2D eigenvalue weighted by Crippen LogP contribution is 2.39. The molecular formula is C24H29N9O2. The van der Waals surface area contributed by atoms with Gasteiger partial charge in [0.2, 0.25) is 0 Å². The van der Waals surface area contributed by atoms with E-state index in [9.17, 15) is 9.59 Å². The quantitative estimate of drug-likeness (QED) is 0.471. The van der Waals surface area contributed by atoms with Crippen LogP contribution in [0.5, 0.6) is 0 Å². The highest BCUT2D eigenvalue weighted by atomic mass is 16.2. The number of amides is 2. The first kappa shape index (κ1) is 22.8. The van der Waals surface area contributed by atoms with Gasteiger partial charge in [0, 0.05) is 38.1 Å². The molecule has 0 aromatic carbocycles. The molecule has 4 heterocycles. The minimum Gasteiger partial charge on any atom is -0.364 e. The zero-order valence-electron chi connectivity index (χ0n) is 19.8. The van der Waals surface area contributed by atoms with Gasteiger partial charge in [-0.1, -0.05) is 6.07 Å². The molecule has 1 saturated heterocycles. The van der Waals surface area contributed by atoms with Gasteiger partial charge in [0.05, 0.1) is 18.1 Å². The smallest absolute Gasteiger partial charge is 0.271 e. The summed E-state index contributed by atoms with van der Waals surface area (Å²) < 4.78 is 1.64. The van der Waals surface area contributed by atoms with Gasteiger partial charge >= 0.3 is 0 Å². The number of aromatic nitrogens is 5. The third kappa shape index (κ3) is 4.93. The van der Waals surface area contributed by atoms with Crippen LogP contribution in [0.3, 0.4) is 0 Å². The van der Waals surface area contributed by atoms with Gasteiger partial charge in [-0.05, 0) is 50.2 Å². The monoisotopic (exact) mass is 475 g/mol. The molecule has 4 N–H and O–H groups in total. The number of anilines is 3. The Hall–Kier alpha value is -4.02.